The maximum Gasteiger partial charge on any atom is 0.0719 e. The Labute approximate surface area is 193 Å². The van der Waals surface area contributed by atoms with Crippen molar-refractivity contribution in [2.75, 3.05) is 0 Å². The zero-order chi connectivity index (χ0) is 21.5. The molecule has 0 saturated heterocycles. The van der Waals surface area contributed by atoms with Gasteiger partial charge < -0.3 is 0 Å². The van der Waals surface area contributed by atoms with E-state index in [0.717, 1.165) is 5.02 Å². The van der Waals surface area contributed by atoms with Gasteiger partial charge in [0.25, 0.3) is 0 Å². The van der Waals surface area contributed by atoms with Gasteiger partial charge >= 0.3 is 0 Å². The van der Waals surface area contributed by atoms with Gasteiger partial charge in [0.05, 0.1) is 5.41 Å². The molecule has 1 heteroatoms. The van der Waals surface area contributed by atoms with Crippen molar-refractivity contribution in [3.63, 3.8) is 0 Å². The van der Waals surface area contributed by atoms with E-state index < -0.39 is 5.41 Å². The van der Waals surface area contributed by atoms with Crippen LogP contribution in [0.3, 0.4) is 0 Å². The Hall–Kier alpha value is -3.61. The Morgan fingerprint density at radius 2 is 0.844 bits per heavy atom. The number of hydrogen-bond donors (Lipinski definition) is 0. The summed E-state index contributed by atoms with van der Waals surface area (Å²) in [4.78, 5) is 0. The van der Waals surface area contributed by atoms with Crippen molar-refractivity contribution in [2.24, 2.45) is 0 Å². The van der Waals surface area contributed by atoms with E-state index in [-0.39, 0.29) is 0 Å². The van der Waals surface area contributed by atoms with E-state index in [1.807, 2.05) is 12.1 Å². The van der Waals surface area contributed by atoms with E-state index in [4.69, 9.17) is 11.6 Å². The minimum absolute atomic E-state index is 0.426. The van der Waals surface area contributed by atoms with Gasteiger partial charge in [0.1, 0.15) is 0 Å². The van der Waals surface area contributed by atoms with Gasteiger partial charge in [-0.2, -0.15) is 0 Å². The summed E-state index contributed by atoms with van der Waals surface area (Å²) in [5, 5.41) is 0.750. The highest BCUT2D eigenvalue weighted by atomic mass is 35.5. The summed E-state index contributed by atoms with van der Waals surface area (Å²) in [5.74, 6) is 0. The fraction of sp³-hybridized carbons (Fsp3) is 0.0323. The van der Waals surface area contributed by atoms with Crippen LogP contribution in [0.5, 0.6) is 0 Å². The van der Waals surface area contributed by atoms with Gasteiger partial charge in [0.2, 0.25) is 0 Å². The Balaban J connectivity index is 1.79. The van der Waals surface area contributed by atoms with E-state index in [9.17, 15) is 0 Å². The van der Waals surface area contributed by atoms with Crippen LogP contribution < -0.4 is 0 Å². The van der Waals surface area contributed by atoms with Crippen LogP contribution in [0.25, 0.3) is 22.3 Å². The first-order valence-electron chi connectivity index (χ1n) is 10.9. The predicted molar refractivity (Wildman–Crippen MR) is 134 cm³/mol. The number of benzene rings is 5. The second kappa shape index (κ2) is 7.51. The molecule has 1 aliphatic rings. The van der Waals surface area contributed by atoms with Crippen molar-refractivity contribution >= 4 is 11.6 Å². The highest BCUT2D eigenvalue weighted by molar-refractivity contribution is 6.30. The molecular weight excluding hydrogens is 408 g/mol. The average molecular weight is 429 g/mol. The van der Waals surface area contributed by atoms with Crippen LogP contribution in [-0.2, 0) is 5.41 Å². The first-order chi connectivity index (χ1) is 15.8. The van der Waals surface area contributed by atoms with Crippen molar-refractivity contribution < 1.29 is 0 Å². The number of hydrogen-bond acceptors (Lipinski definition) is 0. The third-order valence-corrected chi connectivity index (χ3v) is 6.90. The molecule has 0 heterocycles. The molecular formula is C31H21Cl. The molecule has 0 amide bonds. The highest BCUT2D eigenvalue weighted by Crippen LogP contribution is 2.57. The van der Waals surface area contributed by atoms with Crippen molar-refractivity contribution in [3.05, 3.63) is 155 Å². The molecule has 0 N–H and O–H groups in total. The van der Waals surface area contributed by atoms with Gasteiger partial charge in [-0.1, -0.05) is 127 Å². The Morgan fingerprint density at radius 1 is 0.406 bits per heavy atom. The summed E-state index contributed by atoms with van der Waals surface area (Å²) >= 11 is 6.34. The molecule has 0 aliphatic heterocycles. The third-order valence-electron chi connectivity index (χ3n) is 6.65. The van der Waals surface area contributed by atoms with Crippen molar-refractivity contribution in [1.82, 2.24) is 0 Å². The van der Waals surface area contributed by atoms with Crippen LogP contribution in [0, 0.1) is 0 Å². The van der Waals surface area contributed by atoms with Gasteiger partial charge in [-0.25, -0.2) is 0 Å². The molecule has 152 valence electrons. The maximum absolute atomic E-state index is 6.34. The molecule has 0 radical (unpaired) electrons. The molecule has 5 aromatic carbocycles. The van der Waals surface area contributed by atoms with Crippen LogP contribution in [0.2, 0.25) is 5.02 Å². The lowest BCUT2D eigenvalue weighted by Gasteiger charge is -2.35. The third kappa shape index (κ3) is 2.70. The molecule has 32 heavy (non-hydrogen) atoms. The molecule has 0 bridgehead atoms. The van der Waals surface area contributed by atoms with Crippen LogP contribution >= 0.6 is 11.6 Å². The van der Waals surface area contributed by atoms with Gasteiger partial charge in [0, 0.05) is 5.02 Å². The topological polar surface area (TPSA) is 0 Å². The van der Waals surface area contributed by atoms with Crippen molar-refractivity contribution in [2.45, 2.75) is 5.41 Å². The van der Waals surface area contributed by atoms with Gasteiger partial charge in [-0.05, 0) is 56.6 Å². The predicted octanol–water partition coefficient (Wildman–Crippen LogP) is 8.37. The summed E-state index contributed by atoms with van der Waals surface area (Å²) < 4.78 is 0. The minimum Gasteiger partial charge on any atom is -0.0843 e. The summed E-state index contributed by atoms with van der Waals surface area (Å²) in [6.07, 6.45) is 0. The van der Waals surface area contributed by atoms with Gasteiger partial charge in [-0.15, -0.1) is 0 Å². The summed E-state index contributed by atoms with van der Waals surface area (Å²) in [6, 6.07) is 45.5. The normalized spacial score (nSPS) is 13.4. The summed E-state index contributed by atoms with van der Waals surface area (Å²) in [5.41, 5.74) is 9.76. The summed E-state index contributed by atoms with van der Waals surface area (Å²) in [7, 11) is 0. The van der Waals surface area contributed by atoms with Crippen LogP contribution in [0.4, 0.5) is 0 Å². The first-order valence-corrected chi connectivity index (χ1v) is 11.3. The lowest BCUT2D eigenvalue weighted by molar-refractivity contribution is 0.770. The largest absolute Gasteiger partial charge is 0.0843 e. The standard InChI is InChI=1S/C31H21Cl/c32-24-20-18-23(19-21-24)31(28-15-7-4-12-25(28)22-10-2-1-3-11-22)29-16-8-5-13-26(29)27-14-6-9-17-30(27)31/h1-21H. The maximum atomic E-state index is 6.34. The van der Waals surface area contributed by atoms with Crippen molar-refractivity contribution in [1.29, 1.82) is 0 Å². The smallest absolute Gasteiger partial charge is 0.0719 e. The first kappa shape index (κ1) is 19.1. The Bertz CT molecular complexity index is 1370. The number of rotatable bonds is 3. The molecule has 0 spiro atoms. The van der Waals surface area contributed by atoms with Gasteiger partial charge in [0.15, 0.2) is 0 Å². The molecule has 1 aliphatic carbocycles. The lowest BCUT2D eigenvalue weighted by Crippen LogP contribution is -2.29. The molecule has 0 unspecified atom stereocenters. The Kier molecular flexibility index (Phi) is 4.48. The molecule has 0 fully saturated rings. The highest BCUT2D eigenvalue weighted by Gasteiger charge is 2.46. The second-order valence-corrected chi connectivity index (χ2v) is 8.70. The summed E-state index contributed by atoms with van der Waals surface area (Å²) in [6.45, 7) is 0. The molecule has 0 nitrogen and oxygen atoms in total. The number of halogens is 1. The fourth-order valence-electron chi connectivity index (χ4n) is 5.37. The van der Waals surface area contributed by atoms with Crippen LogP contribution in [0.1, 0.15) is 22.3 Å². The Morgan fingerprint density at radius 3 is 1.41 bits per heavy atom. The molecule has 6 rings (SSSR count). The van der Waals surface area contributed by atoms with Crippen molar-refractivity contribution in [3.8, 4) is 22.3 Å². The quantitative estimate of drug-likeness (QED) is 0.265. The average Bonchev–Trinajstić information content (AvgIpc) is 3.16. The zero-order valence-electron chi connectivity index (χ0n) is 17.5. The van der Waals surface area contributed by atoms with E-state index in [1.165, 1.54) is 44.5 Å². The molecule has 5 aromatic rings. The van der Waals surface area contributed by atoms with Gasteiger partial charge in [-0.3, -0.25) is 0 Å². The van der Waals surface area contributed by atoms with Crippen LogP contribution in [-0.4, -0.2) is 0 Å². The van der Waals surface area contributed by atoms with E-state index in [2.05, 4.69) is 115 Å². The monoisotopic (exact) mass is 428 g/mol. The van der Waals surface area contributed by atoms with Crippen LogP contribution in [0.15, 0.2) is 127 Å². The van der Waals surface area contributed by atoms with E-state index in [1.54, 1.807) is 0 Å². The second-order valence-electron chi connectivity index (χ2n) is 8.26. The molecule has 0 aromatic heterocycles. The zero-order valence-corrected chi connectivity index (χ0v) is 18.3. The fourth-order valence-corrected chi connectivity index (χ4v) is 5.50. The minimum atomic E-state index is -0.426. The lowest BCUT2D eigenvalue weighted by atomic mass is 9.66. The number of fused-ring (bicyclic) bond motifs is 3. The SMILES string of the molecule is Clc1ccc(C2(c3ccccc3-c3ccccc3)c3ccccc3-c3ccccc32)cc1. The molecule has 0 atom stereocenters. The van der Waals surface area contributed by atoms with E-state index in [0.29, 0.717) is 0 Å². The van der Waals surface area contributed by atoms with E-state index >= 15 is 0 Å². The molecule has 0 saturated carbocycles.